The van der Waals surface area contributed by atoms with Gasteiger partial charge in [-0.15, -0.1) is 0 Å². The van der Waals surface area contributed by atoms with E-state index in [1.807, 2.05) is 7.05 Å². The molecule has 0 saturated heterocycles. The summed E-state index contributed by atoms with van der Waals surface area (Å²) in [6.45, 7) is 8.97. The summed E-state index contributed by atoms with van der Waals surface area (Å²) in [5.41, 5.74) is 0. The second-order valence-electron chi connectivity index (χ2n) is 3.90. The Kier molecular flexibility index (Phi) is 12.8. The molecule has 0 aromatic carbocycles. The van der Waals surface area contributed by atoms with Crippen molar-refractivity contribution < 1.29 is 9.47 Å². The third-order valence-electron chi connectivity index (χ3n) is 2.41. The van der Waals surface area contributed by atoms with Crippen LogP contribution in [0.15, 0.2) is 0 Å². The van der Waals surface area contributed by atoms with E-state index in [2.05, 4.69) is 17.1 Å². The van der Waals surface area contributed by atoms with Crippen molar-refractivity contribution in [2.45, 2.75) is 19.8 Å². The number of methoxy groups -OCH3 is 1. The summed E-state index contributed by atoms with van der Waals surface area (Å²) in [6, 6.07) is 0. The molecule has 0 fully saturated rings. The molecule has 4 heteroatoms. The SMILES string of the molecule is CCCN(CCNC)CCOCCCOC. The van der Waals surface area contributed by atoms with Crippen LogP contribution < -0.4 is 5.32 Å². The Morgan fingerprint density at radius 2 is 1.88 bits per heavy atom. The van der Waals surface area contributed by atoms with Gasteiger partial charge in [0.2, 0.25) is 0 Å². The van der Waals surface area contributed by atoms with Gasteiger partial charge in [0.05, 0.1) is 6.61 Å². The lowest BCUT2D eigenvalue weighted by Crippen LogP contribution is -2.34. The van der Waals surface area contributed by atoms with E-state index in [0.717, 1.165) is 52.4 Å². The van der Waals surface area contributed by atoms with E-state index >= 15 is 0 Å². The molecule has 16 heavy (non-hydrogen) atoms. The molecular weight excluding hydrogens is 204 g/mol. The number of hydrogen-bond donors (Lipinski definition) is 1. The molecule has 0 atom stereocenters. The fourth-order valence-electron chi connectivity index (χ4n) is 1.52. The van der Waals surface area contributed by atoms with Crippen LogP contribution in [0.25, 0.3) is 0 Å². The summed E-state index contributed by atoms with van der Waals surface area (Å²) >= 11 is 0. The maximum Gasteiger partial charge on any atom is 0.0593 e. The highest BCUT2D eigenvalue weighted by Crippen LogP contribution is 1.92. The van der Waals surface area contributed by atoms with Crippen LogP contribution in [0.1, 0.15) is 19.8 Å². The molecule has 0 unspecified atom stereocenters. The van der Waals surface area contributed by atoms with Gasteiger partial charge in [-0.05, 0) is 26.4 Å². The van der Waals surface area contributed by atoms with Crippen molar-refractivity contribution in [1.82, 2.24) is 10.2 Å². The number of nitrogens with zero attached hydrogens (tertiary/aromatic N) is 1. The molecule has 0 aliphatic rings. The molecule has 0 rings (SSSR count). The molecule has 0 aliphatic heterocycles. The van der Waals surface area contributed by atoms with E-state index in [1.165, 1.54) is 6.42 Å². The third kappa shape index (κ3) is 10.4. The highest BCUT2D eigenvalue weighted by Gasteiger charge is 2.02. The van der Waals surface area contributed by atoms with Crippen molar-refractivity contribution in [1.29, 1.82) is 0 Å². The number of ether oxygens (including phenoxy) is 2. The van der Waals surface area contributed by atoms with Crippen LogP contribution >= 0.6 is 0 Å². The molecule has 0 bridgehead atoms. The maximum atomic E-state index is 5.55. The summed E-state index contributed by atoms with van der Waals surface area (Å²) in [5, 5.41) is 3.18. The van der Waals surface area contributed by atoms with Crippen LogP contribution in [0.3, 0.4) is 0 Å². The molecular formula is C12H28N2O2. The molecule has 1 N–H and O–H groups in total. The zero-order valence-electron chi connectivity index (χ0n) is 11.1. The lowest BCUT2D eigenvalue weighted by atomic mass is 10.4. The predicted octanol–water partition coefficient (Wildman–Crippen LogP) is 0.971. The summed E-state index contributed by atoms with van der Waals surface area (Å²) in [4.78, 5) is 2.44. The molecule has 0 aromatic rings. The Morgan fingerprint density at radius 1 is 1.06 bits per heavy atom. The van der Waals surface area contributed by atoms with Gasteiger partial charge >= 0.3 is 0 Å². The molecule has 0 radical (unpaired) electrons. The monoisotopic (exact) mass is 232 g/mol. The van der Waals surface area contributed by atoms with Crippen LogP contribution in [-0.2, 0) is 9.47 Å². The Bertz CT molecular complexity index is 134. The first kappa shape index (κ1) is 15.8. The summed E-state index contributed by atoms with van der Waals surface area (Å²) in [5.74, 6) is 0. The zero-order chi connectivity index (χ0) is 12.1. The average molecular weight is 232 g/mol. The molecule has 0 heterocycles. The minimum atomic E-state index is 0.790. The molecule has 0 aromatic heterocycles. The number of likely N-dealkylation sites (N-methyl/N-ethyl adjacent to an activating group) is 1. The first-order chi connectivity index (χ1) is 7.85. The molecule has 0 amide bonds. The summed E-state index contributed by atoms with van der Waals surface area (Å²) < 4.78 is 10.5. The van der Waals surface area contributed by atoms with Gasteiger partial charge in [-0.1, -0.05) is 6.92 Å². The fourth-order valence-corrected chi connectivity index (χ4v) is 1.52. The molecule has 98 valence electrons. The lowest BCUT2D eigenvalue weighted by molar-refractivity contribution is 0.0839. The highest BCUT2D eigenvalue weighted by molar-refractivity contribution is 4.57. The zero-order valence-corrected chi connectivity index (χ0v) is 11.1. The van der Waals surface area contributed by atoms with E-state index in [4.69, 9.17) is 9.47 Å². The Hall–Kier alpha value is -0.160. The van der Waals surface area contributed by atoms with E-state index in [9.17, 15) is 0 Å². The first-order valence-corrected chi connectivity index (χ1v) is 6.28. The van der Waals surface area contributed by atoms with Crippen molar-refractivity contribution in [3.63, 3.8) is 0 Å². The molecule has 0 aliphatic carbocycles. The van der Waals surface area contributed by atoms with Crippen molar-refractivity contribution in [3.8, 4) is 0 Å². The minimum absolute atomic E-state index is 0.790. The van der Waals surface area contributed by atoms with Gasteiger partial charge in [-0.2, -0.15) is 0 Å². The lowest BCUT2D eigenvalue weighted by Gasteiger charge is -2.21. The molecule has 4 nitrogen and oxygen atoms in total. The van der Waals surface area contributed by atoms with E-state index in [-0.39, 0.29) is 0 Å². The average Bonchev–Trinajstić information content (AvgIpc) is 2.30. The largest absolute Gasteiger partial charge is 0.385 e. The van der Waals surface area contributed by atoms with Crippen LogP contribution in [0, 0.1) is 0 Å². The summed E-state index contributed by atoms with van der Waals surface area (Å²) in [7, 11) is 3.71. The number of nitrogens with one attached hydrogen (secondary N) is 1. The van der Waals surface area contributed by atoms with Gasteiger partial charge in [-0.3, -0.25) is 4.90 Å². The van der Waals surface area contributed by atoms with Gasteiger partial charge in [0.25, 0.3) is 0 Å². The second kappa shape index (κ2) is 12.9. The van der Waals surface area contributed by atoms with Crippen molar-refractivity contribution in [3.05, 3.63) is 0 Å². The molecule has 0 saturated carbocycles. The number of rotatable bonds is 12. The normalized spacial score (nSPS) is 11.2. The van der Waals surface area contributed by atoms with Gasteiger partial charge in [0.15, 0.2) is 0 Å². The van der Waals surface area contributed by atoms with Gasteiger partial charge in [-0.25, -0.2) is 0 Å². The second-order valence-corrected chi connectivity index (χ2v) is 3.90. The van der Waals surface area contributed by atoms with E-state index < -0.39 is 0 Å². The van der Waals surface area contributed by atoms with Crippen LogP contribution in [0.2, 0.25) is 0 Å². The van der Waals surface area contributed by atoms with Gasteiger partial charge in [0, 0.05) is 40.0 Å². The van der Waals surface area contributed by atoms with Crippen molar-refractivity contribution in [2.75, 3.05) is 60.2 Å². The van der Waals surface area contributed by atoms with Crippen LogP contribution in [-0.4, -0.2) is 65.1 Å². The quantitative estimate of drug-likeness (QED) is 0.508. The van der Waals surface area contributed by atoms with Gasteiger partial charge < -0.3 is 14.8 Å². The van der Waals surface area contributed by atoms with Crippen molar-refractivity contribution in [2.24, 2.45) is 0 Å². The fraction of sp³-hybridized carbons (Fsp3) is 1.00. The first-order valence-electron chi connectivity index (χ1n) is 6.28. The predicted molar refractivity (Wildman–Crippen MR) is 68.0 cm³/mol. The van der Waals surface area contributed by atoms with E-state index in [1.54, 1.807) is 7.11 Å². The standard InChI is InChI=1S/C12H28N2O2/c1-4-7-14(8-6-13-2)9-12-16-11-5-10-15-3/h13H,4-12H2,1-3H3. The molecule has 0 spiro atoms. The van der Waals surface area contributed by atoms with E-state index in [0.29, 0.717) is 0 Å². The minimum Gasteiger partial charge on any atom is -0.385 e. The van der Waals surface area contributed by atoms with Crippen molar-refractivity contribution >= 4 is 0 Å². The Labute approximate surface area is 100 Å². The van der Waals surface area contributed by atoms with Crippen LogP contribution in [0.4, 0.5) is 0 Å². The topological polar surface area (TPSA) is 33.7 Å². The maximum absolute atomic E-state index is 5.55. The third-order valence-corrected chi connectivity index (χ3v) is 2.41. The van der Waals surface area contributed by atoms with Crippen LogP contribution in [0.5, 0.6) is 0 Å². The smallest absolute Gasteiger partial charge is 0.0593 e. The van der Waals surface area contributed by atoms with Gasteiger partial charge in [0.1, 0.15) is 0 Å². The Morgan fingerprint density at radius 3 is 2.50 bits per heavy atom. The summed E-state index contributed by atoms with van der Waals surface area (Å²) in [6.07, 6.45) is 2.19. The Balaban J connectivity index is 3.36. The highest BCUT2D eigenvalue weighted by atomic mass is 16.5. The number of hydrogen-bond acceptors (Lipinski definition) is 4.